The van der Waals surface area contributed by atoms with Gasteiger partial charge in [0.05, 0.1) is 24.4 Å². The third-order valence-corrected chi connectivity index (χ3v) is 4.13. The number of hydrogen-bond donors (Lipinski definition) is 2. The second-order valence-electron chi connectivity index (χ2n) is 6.84. The lowest BCUT2D eigenvalue weighted by Gasteiger charge is -2.26. The Balaban J connectivity index is 2.06. The molecule has 3 rings (SSSR count). The van der Waals surface area contributed by atoms with Crippen LogP contribution >= 0.6 is 0 Å². The van der Waals surface area contributed by atoms with Crippen LogP contribution in [-0.2, 0) is 5.41 Å². The van der Waals surface area contributed by atoms with Crippen LogP contribution in [0.3, 0.4) is 0 Å². The lowest BCUT2D eigenvalue weighted by Crippen LogP contribution is -2.26. The molecule has 1 aliphatic heterocycles. The highest BCUT2D eigenvalue weighted by atomic mass is 16.5. The molecule has 1 atom stereocenters. The molecule has 0 aliphatic carbocycles. The molecule has 0 amide bonds. The van der Waals surface area contributed by atoms with Crippen molar-refractivity contribution in [2.75, 3.05) is 12.4 Å². The molecule has 2 aromatic rings. The van der Waals surface area contributed by atoms with E-state index in [9.17, 15) is 5.26 Å². The number of nitriles is 1. The van der Waals surface area contributed by atoms with Crippen LogP contribution in [0.4, 0.5) is 5.82 Å². The number of anilines is 1. The summed E-state index contributed by atoms with van der Waals surface area (Å²) in [5.74, 6) is 1.92. The predicted molar refractivity (Wildman–Crippen MR) is 93.3 cm³/mol. The van der Waals surface area contributed by atoms with Gasteiger partial charge in [-0.15, -0.1) is 0 Å². The normalized spacial score (nSPS) is 17.0. The Morgan fingerprint density at radius 2 is 1.96 bits per heavy atom. The van der Waals surface area contributed by atoms with Gasteiger partial charge < -0.3 is 15.8 Å². The summed E-state index contributed by atoms with van der Waals surface area (Å²) in [5.41, 5.74) is 8.45. The number of hydrogen-bond acceptors (Lipinski definition) is 5. The highest BCUT2D eigenvalue weighted by Crippen LogP contribution is 2.36. The quantitative estimate of drug-likeness (QED) is 0.887. The van der Waals surface area contributed by atoms with Crippen LogP contribution in [0.25, 0.3) is 5.82 Å². The van der Waals surface area contributed by atoms with E-state index < -0.39 is 0 Å². The van der Waals surface area contributed by atoms with E-state index in [2.05, 4.69) is 37.3 Å². The van der Waals surface area contributed by atoms with Gasteiger partial charge in [0.15, 0.2) is 0 Å². The molecule has 0 saturated heterocycles. The molecular formula is C18H21N5O. The summed E-state index contributed by atoms with van der Waals surface area (Å²) < 4.78 is 6.80. The number of nitrogens with two attached hydrogens (primary N) is 1. The van der Waals surface area contributed by atoms with Crippen LogP contribution in [0.1, 0.15) is 38.1 Å². The van der Waals surface area contributed by atoms with E-state index in [1.165, 1.54) is 0 Å². The number of aromatic nitrogens is 2. The molecule has 0 saturated carbocycles. The molecule has 0 spiro atoms. The molecule has 24 heavy (non-hydrogen) atoms. The molecule has 6 heteroatoms. The van der Waals surface area contributed by atoms with E-state index in [0.717, 1.165) is 22.8 Å². The van der Waals surface area contributed by atoms with Crippen molar-refractivity contribution in [2.24, 2.45) is 5.73 Å². The lowest BCUT2D eigenvalue weighted by molar-refractivity contribution is 0.414. The minimum Gasteiger partial charge on any atom is -0.497 e. The number of fused-ring (bicyclic) bond motifs is 1. The Morgan fingerprint density at radius 3 is 2.50 bits per heavy atom. The molecule has 1 aromatic heterocycles. The van der Waals surface area contributed by atoms with Crippen molar-refractivity contribution in [2.45, 2.75) is 32.2 Å². The van der Waals surface area contributed by atoms with Crippen LogP contribution in [0.15, 0.2) is 35.9 Å². The van der Waals surface area contributed by atoms with Crippen LogP contribution < -0.4 is 15.8 Å². The van der Waals surface area contributed by atoms with E-state index in [0.29, 0.717) is 11.4 Å². The number of rotatable bonds is 2. The number of nitrogens with one attached hydrogen (secondary N) is 1. The average Bonchev–Trinajstić information content (AvgIpc) is 2.99. The van der Waals surface area contributed by atoms with Crippen molar-refractivity contribution in [1.29, 1.82) is 5.26 Å². The molecule has 1 unspecified atom stereocenters. The molecular weight excluding hydrogens is 302 g/mol. The molecule has 6 nitrogen and oxygen atoms in total. The summed E-state index contributed by atoms with van der Waals surface area (Å²) in [7, 11) is 1.62. The van der Waals surface area contributed by atoms with Crippen LogP contribution in [-0.4, -0.2) is 16.9 Å². The van der Waals surface area contributed by atoms with Crippen molar-refractivity contribution < 1.29 is 4.74 Å². The topological polar surface area (TPSA) is 88.9 Å². The molecule has 1 aromatic carbocycles. The van der Waals surface area contributed by atoms with Gasteiger partial charge in [-0.05, 0) is 17.7 Å². The molecule has 3 N–H and O–H groups in total. The Bertz CT molecular complexity index is 834. The third kappa shape index (κ3) is 2.58. The molecule has 0 bridgehead atoms. The van der Waals surface area contributed by atoms with Crippen molar-refractivity contribution in [3.8, 4) is 11.8 Å². The zero-order chi connectivity index (χ0) is 17.5. The van der Waals surface area contributed by atoms with Gasteiger partial charge in [-0.25, -0.2) is 4.68 Å². The number of methoxy groups -OCH3 is 1. The standard InChI is InChI=1S/C18H21N5O/c1-18(2,3)14-9-15-21-16(11-5-7-12(24-4)8-6-11)13(10-19)17(20)23(15)22-14/h5-9,16,21H,20H2,1-4H3. The maximum absolute atomic E-state index is 9.59. The minimum atomic E-state index is -0.307. The van der Waals surface area contributed by atoms with Gasteiger partial charge in [0.2, 0.25) is 0 Å². The fourth-order valence-electron chi connectivity index (χ4n) is 2.68. The first kappa shape index (κ1) is 15.9. The smallest absolute Gasteiger partial charge is 0.143 e. The van der Waals surface area contributed by atoms with Crippen molar-refractivity contribution in [3.63, 3.8) is 0 Å². The van der Waals surface area contributed by atoms with Crippen molar-refractivity contribution in [3.05, 3.63) is 47.2 Å². The first-order valence-corrected chi connectivity index (χ1v) is 7.76. The van der Waals surface area contributed by atoms with Gasteiger partial charge in [0, 0.05) is 11.5 Å². The van der Waals surface area contributed by atoms with Crippen molar-refractivity contribution >= 4 is 11.6 Å². The Kier molecular flexibility index (Phi) is 3.72. The summed E-state index contributed by atoms with van der Waals surface area (Å²) in [6, 6.07) is 11.5. The zero-order valence-corrected chi connectivity index (χ0v) is 14.3. The lowest BCUT2D eigenvalue weighted by atomic mass is 9.92. The second kappa shape index (κ2) is 5.60. The van der Waals surface area contributed by atoms with Crippen LogP contribution in [0.2, 0.25) is 0 Å². The fourth-order valence-corrected chi connectivity index (χ4v) is 2.68. The first-order chi connectivity index (χ1) is 11.3. The summed E-state index contributed by atoms with van der Waals surface area (Å²) in [5, 5.41) is 17.5. The number of ether oxygens (including phenoxy) is 1. The summed E-state index contributed by atoms with van der Waals surface area (Å²) in [6.07, 6.45) is 0. The largest absolute Gasteiger partial charge is 0.497 e. The Morgan fingerprint density at radius 1 is 1.29 bits per heavy atom. The molecule has 124 valence electrons. The summed E-state index contributed by atoms with van der Waals surface area (Å²) in [6.45, 7) is 6.27. The molecule has 1 aliphatic rings. The number of benzene rings is 1. The second-order valence-corrected chi connectivity index (χ2v) is 6.84. The van der Waals surface area contributed by atoms with Gasteiger partial charge in [-0.2, -0.15) is 10.4 Å². The van der Waals surface area contributed by atoms with Crippen LogP contribution in [0, 0.1) is 11.3 Å². The van der Waals surface area contributed by atoms with Gasteiger partial charge in [-0.1, -0.05) is 32.9 Å². The number of nitrogens with zero attached hydrogens (tertiary/aromatic N) is 3. The van der Waals surface area contributed by atoms with Crippen LogP contribution in [0.5, 0.6) is 5.75 Å². The fraction of sp³-hybridized carbons (Fsp3) is 0.333. The monoisotopic (exact) mass is 323 g/mol. The van der Waals surface area contributed by atoms with Gasteiger partial charge >= 0.3 is 0 Å². The van der Waals surface area contributed by atoms with E-state index in [1.54, 1.807) is 11.8 Å². The third-order valence-electron chi connectivity index (χ3n) is 4.13. The first-order valence-electron chi connectivity index (χ1n) is 7.76. The highest BCUT2D eigenvalue weighted by molar-refractivity contribution is 5.67. The Hall–Kier alpha value is -2.94. The minimum absolute atomic E-state index is 0.102. The van der Waals surface area contributed by atoms with Gasteiger partial charge in [0.25, 0.3) is 0 Å². The predicted octanol–water partition coefficient (Wildman–Crippen LogP) is 3.01. The van der Waals surface area contributed by atoms with Gasteiger partial charge in [-0.3, -0.25) is 0 Å². The summed E-state index contributed by atoms with van der Waals surface area (Å²) in [4.78, 5) is 0. The van der Waals surface area contributed by atoms with Crippen molar-refractivity contribution in [1.82, 2.24) is 9.78 Å². The van der Waals surface area contributed by atoms with E-state index >= 15 is 0 Å². The SMILES string of the molecule is COc1ccc(C2Nc3cc(C(C)(C)C)nn3C(N)=C2C#N)cc1. The molecule has 0 radical (unpaired) electrons. The summed E-state index contributed by atoms with van der Waals surface area (Å²) >= 11 is 0. The van der Waals surface area contributed by atoms with E-state index in [-0.39, 0.29) is 11.5 Å². The zero-order valence-electron chi connectivity index (χ0n) is 14.3. The highest BCUT2D eigenvalue weighted by Gasteiger charge is 2.30. The maximum Gasteiger partial charge on any atom is 0.143 e. The Labute approximate surface area is 141 Å². The van der Waals surface area contributed by atoms with E-state index in [1.807, 2.05) is 30.3 Å². The van der Waals surface area contributed by atoms with E-state index in [4.69, 9.17) is 10.5 Å². The molecule has 2 heterocycles. The average molecular weight is 323 g/mol. The van der Waals surface area contributed by atoms with Gasteiger partial charge in [0.1, 0.15) is 23.5 Å². The maximum atomic E-state index is 9.59. The molecule has 0 fully saturated rings.